The van der Waals surface area contributed by atoms with Gasteiger partial charge in [0.1, 0.15) is 0 Å². The molecule has 0 radical (unpaired) electrons. The van der Waals surface area contributed by atoms with Gasteiger partial charge in [0.25, 0.3) is 0 Å². The third-order valence-corrected chi connectivity index (χ3v) is 4.20. The average molecular weight is 345 g/mol. The Morgan fingerprint density at radius 3 is 2.08 bits per heavy atom. The molecule has 0 bridgehead atoms. The van der Waals surface area contributed by atoms with Crippen LogP contribution >= 0.6 is 0 Å². The molecule has 0 saturated carbocycles. The van der Waals surface area contributed by atoms with E-state index in [-0.39, 0.29) is 0 Å². The topological polar surface area (TPSA) is 0 Å². The van der Waals surface area contributed by atoms with E-state index in [1.807, 2.05) is 0 Å². The van der Waals surface area contributed by atoms with Crippen LogP contribution in [-0.4, -0.2) is 0 Å². The number of allylic oxidation sites excluding steroid dienone is 8. The zero-order valence-electron chi connectivity index (χ0n) is 18.5. The van der Waals surface area contributed by atoms with Gasteiger partial charge < -0.3 is 0 Å². The zero-order valence-corrected chi connectivity index (χ0v) is 18.5. The highest BCUT2D eigenvalue weighted by Crippen LogP contribution is 2.23. The Kier molecular flexibility index (Phi) is 16.8. The second kappa shape index (κ2) is 16.2. The lowest BCUT2D eigenvalue weighted by atomic mass is 9.96. The summed E-state index contributed by atoms with van der Waals surface area (Å²) in [5, 5.41) is 0. The van der Waals surface area contributed by atoms with E-state index in [1.54, 1.807) is 0 Å². The minimum Gasteiger partial charge on any atom is -0.0996 e. The monoisotopic (exact) mass is 344 g/mol. The second-order valence-electron chi connectivity index (χ2n) is 7.08. The molecule has 0 nitrogen and oxygen atoms in total. The molecule has 0 heterocycles. The van der Waals surface area contributed by atoms with Gasteiger partial charge in [0.15, 0.2) is 0 Å². The molecule has 0 fully saturated rings. The van der Waals surface area contributed by atoms with Crippen molar-refractivity contribution in [3.63, 3.8) is 0 Å². The van der Waals surface area contributed by atoms with Gasteiger partial charge in [0, 0.05) is 0 Å². The molecule has 0 aromatic carbocycles. The van der Waals surface area contributed by atoms with Gasteiger partial charge in [-0.05, 0) is 56.6 Å². The molecule has 1 unspecified atom stereocenters. The van der Waals surface area contributed by atoms with Gasteiger partial charge in [-0.15, -0.1) is 0 Å². The van der Waals surface area contributed by atoms with Crippen LogP contribution in [0.1, 0.15) is 93.9 Å². The van der Waals surface area contributed by atoms with E-state index in [0.717, 1.165) is 25.2 Å². The fourth-order valence-electron chi connectivity index (χ4n) is 2.60. The summed E-state index contributed by atoms with van der Waals surface area (Å²) in [7, 11) is 0. The summed E-state index contributed by atoms with van der Waals surface area (Å²) in [6, 6.07) is 0. The Morgan fingerprint density at radius 2 is 1.68 bits per heavy atom. The molecule has 0 saturated heterocycles. The third kappa shape index (κ3) is 12.7. The van der Waals surface area contributed by atoms with E-state index >= 15 is 0 Å². The molecular weight excluding hydrogens is 300 g/mol. The van der Waals surface area contributed by atoms with Crippen molar-refractivity contribution in [2.75, 3.05) is 0 Å². The lowest BCUT2D eigenvalue weighted by Gasteiger charge is -2.10. The summed E-state index contributed by atoms with van der Waals surface area (Å²) < 4.78 is 0. The molecule has 1 aliphatic rings. The quantitative estimate of drug-likeness (QED) is 0.422. The SMILES string of the molecule is C=C(C)C1=C(CC)C=C(C)CC=C1.C=C(CC)C(C)CCC.CCC. The molecule has 1 rings (SSSR count). The van der Waals surface area contributed by atoms with Crippen LogP contribution < -0.4 is 0 Å². The van der Waals surface area contributed by atoms with Crippen molar-refractivity contribution < 1.29 is 0 Å². The van der Waals surface area contributed by atoms with Crippen molar-refractivity contribution >= 4 is 0 Å². The van der Waals surface area contributed by atoms with Crippen LogP contribution in [-0.2, 0) is 0 Å². The first-order valence-electron chi connectivity index (χ1n) is 10.2. The summed E-state index contributed by atoms with van der Waals surface area (Å²) in [5.74, 6) is 0.736. The smallest absolute Gasteiger partial charge is 0.0135 e. The Morgan fingerprint density at radius 1 is 1.12 bits per heavy atom. The van der Waals surface area contributed by atoms with E-state index in [0.29, 0.717) is 0 Å². The molecule has 1 atom stereocenters. The van der Waals surface area contributed by atoms with Crippen LogP contribution in [0.5, 0.6) is 0 Å². The van der Waals surface area contributed by atoms with Crippen LogP contribution in [0.2, 0.25) is 0 Å². The van der Waals surface area contributed by atoms with E-state index in [9.17, 15) is 0 Å². The Bertz CT molecular complexity index is 468. The summed E-state index contributed by atoms with van der Waals surface area (Å²) in [4.78, 5) is 0. The largest absolute Gasteiger partial charge is 0.0996 e. The maximum Gasteiger partial charge on any atom is -0.0135 e. The zero-order chi connectivity index (χ0) is 19.8. The molecule has 0 heteroatoms. The van der Waals surface area contributed by atoms with E-state index in [2.05, 4.69) is 86.8 Å². The van der Waals surface area contributed by atoms with Gasteiger partial charge in [-0.2, -0.15) is 0 Å². The number of rotatable bonds is 6. The molecule has 0 spiro atoms. The lowest BCUT2D eigenvalue weighted by Crippen LogP contribution is -1.95. The van der Waals surface area contributed by atoms with Gasteiger partial charge in [0.05, 0.1) is 0 Å². The Balaban J connectivity index is 0. The summed E-state index contributed by atoms with van der Waals surface area (Å²) in [6.07, 6.45) is 13.8. The van der Waals surface area contributed by atoms with Crippen LogP contribution in [0.25, 0.3) is 0 Å². The lowest BCUT2D eigenvalue weighted by molar-refractivity contribution is 0.588. The second-order valence-corrected chi connectivity index (χ2v) is 7.08. The average Bonchev–Trinajstić information content (AvgIpc) is 2.76. The predicted molar refractivity (Wildman–Crippen MR) is 119 cm³/mol. The molecule has 144 valence electrons. The molecule has 25 heavy (non-hydrogen) atoms. The summed E-state index contributed by atoms with van der Waals surface area (Å²) in [6.45, 7) is 25.4. The fourth-order valence-corrected chi connectivity index (χ4v) is 2.60. The molecule has 0 aromatic heterocycles. The van der Waals surface area contributed by atoms with Crippen molar-refractivity contribution in [1.82, 2.24) is 0 Å². The molecule has 0 N–H and O–H groups in total. The fraction of sp³-hybridized carbons (Fsp3) is 0.600. The van der Waals surface area contributed by atoms with E-state index < -0.39 is 0 Å². The third-order valence-electron chi connectivity index (χ3n) is 4.20. The first-order valence-corrected chi connectivity index (χ1v) is 10.2. The Labute approximate surface area is 159 Å². The molecule has 1 aliphatic carbocycles. The predicted octanol–water partition coefficient (Wildman–Crippen LogP) is 8.98. The maximum absolute atomic E-state index is 4.01. The normalized spacial score (nSPS) is 14.3. The van der Waals surface area contributed by atoms with E-state index in [4.69, 9.17) is 0 Å². The maximum atomic E-state index is 4.01. The van der Waals surface area contributed by atoms with Crippen LogP contribution in [0.15, 0.2) is 59.3 Å². The molecule has 0 amide bonds. The number of hydrogen-bond acceptors (Lipinski definition) is 0. The summed E-state index contributed by atoms with van der Waals surface area (Å²) in [5.41, 5.74) is 6.73. The van der Waals surface area contributed by atoms with Crippen LogP contribution in [0.4, 0.5) is 0 Å². The van der Waals surface area contributed by atoms with Crippen molar-refractivity contribution in [2.24, 2.45) is 5.92 Å². The van der Waals surface area contributed by atoms with Crippen LogP contribution in [0.3, 0.4) is 0 Å². The van der Waals surface area contributed by atoms with Gasteiger partial charge in [-0.25, -0.2) is 0 Å². The van der Waals surface area contributed by atoms with Crippen molar-refractivity contribution in [2.45, 2.75) is 93.9 Å². The van der Waals surface area contributed by atoms with Crippen molar-refractivity contribution in [3.8, 4) is 0 Å². The minimum absolute atomic E-state index is 0.736. The highest BCUT2D eigenvalue weighted by atomic mass is 14.1. The van der Waals surface area contributed by atoms with Gasteiger partial charge in [-0.3, -0.25) is 0 Å². The van der Waals surface area contributed by atoms with Crippen molar-refractivity contribution in [1.29, 1.82) is 0 Å². The highest BCUT2D eigenvalue weighted by Gasteiger charge is 2.04. The first kappa shape index (κ1) is 25.9. The van der Waals surface area contributed by atoms with Crippen LogP contribution in [0, 0.1) is 5.92 Å². The van der Waals surface area contributed by atoms with Gasteiger partial charge >= 0.3 is 0 Å². The van der Waals surface area contributed by atoms with Gasteiger partial charge in [-0.1, -0.05) is 102 Å². The number of hydrogen-bond donors (Lipinski definition) is 0. The highest BCUT2D eigenvalue weighted by molar-refractivity contribution is 5.47. The molecule has 0 aliphatic heterocycles. The van der Waals surface area contributed by atoms with E-state index in [1.165, 1.54) is 47.1 Å². The summed E-state index contributed by atoms with van der Waals surface area (Å²) >= 11 is 0. The first-order chi connectivity index (χ1) is 11.8. The molecule has 0 aromatic rings. The standard InChI is InChI=1S/C13H18.C9H18.C3H8/c1-5-12-9-11(4)7-6-8-13(12)10(2)3;1-5-7-9(4)8(3)6-2;1-3-2/h6,8-9H,2,5,7H2,1,3-4H3;9H,3,5-7H2,1-2,4H3;3H2,1-2H3. The molecular formula is C25H44. The minimum atomic E-state index is 0.736. The van der Waals surface area contributed by atoms with Gasteiger partial charge in [0.2, 0.25) is 0 Å². The Hall–Kier alpha value is -1.30. The van der Waals surface area contributed by atoms with Crippen molar-refractivity contribution in [3.05, 3.63) is 59.3 Å².